The smallest absolute Gasteiger partial charge is 0.200 e. The van der Waals surface area contributed by atoms with Crippen molar-refractivity contribution in [2.75, 3.05) is 12.1 Å². The molecule has 0 radical (unpaired) electrons. The molecule has 0 saturated carbocycles. The van der Waals surface area contributed by atoms with Gasteiger partial charge < -0.3 is 0 Å². The van der Waals surface area contributed by atoms with Gasteiger partial charge in [-0.15, -0.1) is 0 Å². The lowest BCUT2D eigenvalue weighted by Crippen LogP contribution is -2.24. The Hall–Kier alpha value is -1.13. The van der Waals surface area contributed by atoms with Crippen LogP contribution in [-0.2, 0) is 0 Å². The van der Waals surface area contributed by atoms with Crippen LogP contribution in [0.3, 0.4) is 0 Å². The molecule has 4 heteroatoms. The maximum atomic E-state index is 5.56. The lowest BCUT2D eigenvalue weighted by Gasteiger charge is -2.04. The molecule has 3 nitrogen and oxygen atoms in total. The van der Waals surface area contributed by atoms with Crippen LogP contribution in [0.25, 0.3) is 10.2 Å². The lowest BCUT2D eigenvalue weighted by molar-refractivity contribution is 1.01. The van der Waals surface area contributed by atoms with Crippen LogP contribution in [0, 0.1) is 0 Å². The van der Waals surface area contributed by atoms with Crippen LogP contribution in [0.4, 0.5) is 5.13 Å². The summed E-state index contributed by atoms with van der Waals surface area (Å²) in [6.45, 7) is 4.00. The van der Waals surface area contributed by atoms with Crippen molar-refractivity contribution in [3.8, 4) is 0 Å². The van der Waals surface area contributed by atoms with E-state index in [1.165, 1.54) is 9.71 Å². The Morgan fingerprint density at radius 2 is 1.93 bits per heavy atom. The van der Waals surface area contributed by atoms with Crippen LogP contribution >= 0.6 is 11.3 Å². The summed E-state index contributed by atoms with van der Waals surface area (Å²) in [5.74, 6) is 5.56. The van der Waals surface area contributed by atoms with Gasteiger partial charge in [0.2, 0.25) is 5.13 Å². The average molecular weight is 209 g/mol. The van der Waals surface area contributed by atoms with E-state index in [1.807, 2.05) is 38.1 Å². The van der Waals surface area contributed by atoms with Gasteiger partial charge in [-0.25, -0.2) is 10.8 Å². The minimum Gasteiger partial charge on any atom is -0.289 e. The molecular weight excluding hydrogens is 194 g/mol. The molecule has 76 valence electrons. The number of hydrogen-bond donors (Lipinski definition) is 1. The molecule has 0 aliphatic rings. The predicted octanol–water partition coefficient (Wildman–Crippen LogP) is 2.63. The van der Waals surface area contributed by atoms with Gasteiger partial charge >= 0.3 is 0 Å². The Balaban J connectivity index is 0.000000461. The Kier molecular flexibility index (Phi) is 3.85. The summed E-state index contributed by atoms with van der Waals surface area (Å²) in [7, 11) is 1.79. The normalized spacial score (nSPS) is 9.43. The third-order valence-corrected chi connectivity index (χ3v) is 2.71. The molecule has 1 aromatic heterocycles. The number of aromatic nitrogens is 1. The summed E-state index contributed by atoms with van der Waals surface area (Å²) in [5, 5.41) is 2.38. The SMILES string of the molecule is CC.CN(N)c1nc2ccccc2s1. The third kappa shape index (κ3) is 2.21. The fourth-order valence-corrected chi connectivity index (χ4v) is 1.86. The van der Waals surface area contributed by atoms with Crippen molar-refractivity contribution in [2.24, 2.45) is 5.84 Å². The summed E-state index contributed by atoms with van der Waals surface area (Å²) < 4.78 is 1.17. The maximum Gasteiger partial charge on any atom is 0.200 e. The number of rotatable bonds is 1. The molecule has 0 spiro atoms. The molecule has 0 atom stereocenters. The first kappa shape index (κ1) is 10.9. The molecule has 1 heterocycles. The van der Waals surface area contributed by atoms with Gasteiger partial charge in [0.05, 0.1) is 10.2 Å². The second-order valence-corrected chi connectivity index (χ2v) is 3.58. The van der Waals surface area contributed by atoms with E-state index in [0.717, 1.165) is 10.6 Å². The van der Waals surface area contributed by atoms with E-state index < -0.39 is 0 Å². The van der Waals surface area contributed by atoms with Gasteiger partial charge in [-0.3, -0.25) is 5.01 Å². The van der Waals surface area contributed by atoms with Crippen molar-refractivity contribution in [3.05, 3.63) is 24.3 Å². The lowest BCUT2D eigenvalue weighted by atomic mass is 10.3. The number of nitrogens with two attached hydrogens (primary N) is 1. The van der Waals surface area contributed by atoms with Crippen LogP contribution in [0.1, 0.15) is 13.8 Å². The summed E-state index contributed by atoms with van der Waals surface area (Å²) >= 11 is 1.60. The monoisotopic (exact) mass is 209 g/mol. The van der Waals surface area contributed by atoms with Crippen LogP contribution < -0.4 is 10.9 Å². The van der Waals surface area contributed by atoms with Gasteiger partial charge in [0.1, 0.15) is 0 Å². The van der Waals surface area contributed by atoms with Crippen molar-refractivity contribution < 1.29 is 0 Å². The zero-order valence-corrected chi connectivity index (χ0v) is 9.51. The molecule has 0 bridgehead atoms. The van der Waals surface area contributed by atoms with E-state index in [-0.39, 0.29) is 0 Å². The van der Waals surface area contributed by atoms with Crippen molar-refractivity contribution in [1.29, 1.82) is 0 Å². The van der Waals surface area contributed by atoms with Gasteiger partial charge in [0.25, 0.3) is 0 Å². The van der Waals surface area contributed by atoms with Gasteiger partial charge in [-0.2, -0.15) is 0 Å². The first-order valence-electron chi connectivity index (χ1n) is 4.61. The number of fused-ring (bicyclic) bond motifs is 1. The van der Waals surface area contributed by atoms with Crippen molar-refractivity contribution in [3.63, 3.8) is 0 Å². The summed E-state index contributed by atoms with van der Waals surface area (Å²) in [6, 6.07) is 8.00. The standard InChI is InChI=1S/C8H9N3S.C2H6/c1-11(9)8-10-6-4-2-3-5-7(6)12-8;1-2/h2-5H,9H2,1H3;1-2H3. The molecule has 0 amide bonds. The third-order valence-electron chi connectivity index (χ3n) is 1.58. The Bertz CT molecular complexity index is 362. The molecule has 2 rings (SSSR count). The molecule has 0 saturated heterocycles. The number of anilines is 1. The zero-order valence-electron chi connectivity index (χ0n) is 8.69. The number of thiazole rings is 1. The fourth-order valence-electron chi connectivity index (χ4n) is 1.01. The maximum absolute atomic E-state index is 5.56. The highest BCUT2D eigenvalue weighted by Crippen LogP contribution is 2.26. The Labute approximate surface area is 88.1 Å². The molecule has 14 heavy (non-hydrogen) atoms. The highest BCUT2D eigenvalue weighted by atomic mass is 32.1. The van der Waals surface area contributed by atoms with E-state index in [0.29, 0.717) is 0 Å². The molecule has 1 aromatic carbocycles. The van der Waals surface area contributed by atoms with Gasteiger partial charge in [0.15, 0.2) is 0 Å². The van der Waals surface area contributed by atoms with Gasteiger partial charge in [-0.05, 0) is 12.1 Å². The zero-order chi connectivity index (χ0) is 10.6. The first-order valence-corrected chi connectivity index (χ1v) is 5.43. The summed E-state index contributed by atoms with van der Waals surface area (Å²) in [5.41, 5.74) is 1.01. The minimum absolute atomic E-state index is 0.844. The Morgan fingerprint density at radius 3 is 2.50 bits per heavy atom. The topological polar surface area (TPSA) is 42.1 Å². The van der Waals surface area contributed by atoms with E-state index in [1.54, 1.807) is 18.4 Å². The Morgan fingerprint density at radius 1 is 1.29 bits per heavy atom. The summed E-state index contributed by atoms with van der Waals surface area (Å²) in [4.78, 5) is 4.33. The van der Waals surface area contributed by atoms with Crippen LogP contribution in [0.15, 0.2) is 24.3 Å². The molecule has 2 aromatic rings. The molecule has 0 aliphatic carbocycles. The van der Waals surface area contributed by atoms with E-state index in [2.05, 4.69) is 4.98 Å². The number of para-hydroxylation sites is 1. The van der Waals surface area contributed by atoms with E-state index >= 15 is 0 Å². The predicted molar refractivity (Wildman–Crippen MR) is 63.6 cm³/mol. The van der Waals surface area contributed by atoms with E-state index in [4.69, 9.17) is 5.84 Å². The van der Waals surface area contributed by atoms with Crippen molar-refractivity contribution in [1.82, 2.24) is 4.98 Å². The van der Waals surface area contributed by atoms with Gasteiger partial charge in [-0.1, -0.05) is 37.3 Å². The van der Waals surface area contributed by atoms with Crippen molar-refractivity contribution >= 4 is 26.7 Å². The number of benzene rings is 1. The van der Waals surface area contributed by atoms with Crippen LogP contribution in [0.2, 0.25) is 0 Å². The van der Waals surface area contributed by atoms with E-state index in [9.17, 15) is 0 Å². The number of hydrazine groups is 1. The average Bonchev–Trinajstić information content (AvgIpc) is 2.64. The quantitative estimate of drug-likeness (QED) is 0.580. The van der Waals surface area contributed by atoms with Crippen molar-refractivity contribution in [2.45, 2.75) is 13.8 Å². The van der Waals surface area contributed by atoms with Gasteiger partial charge in [0, 0.05) is 7.05 Å². The van der Waals surface area contributed by atoms with Crippen LogP contribution in [-0.4, -0.2) is 12.0 Å². The molecule has 0 unspecified atom stereocenters. The largest absolute Gasteiger partial charge is 0.289 e. The number of hydrogen-bond acceptors (Lipinski definition) is 4. The highest BCUT2D eigenvalue weighted by molar-refractivity contribution is 7.22. The molecular formula is C10H15N3S. The summed E-state index contributed by atoms with van der Waals surface area (Å²) in [6.07, 6.45) is 0. The molecule has 0 fully saturated rings. The molecule has 0 aliphatic heterocycles. The molecule has 2 N–H and O–H groups in total. The first-order chi connectivity index (χ1) is 6.77. The second kappa shape index (κ2) is 4.93. The fraction of sp³-hybridized carbons (Fsp3) is 0.300. The minimum atomic E-state index is 0.844. The van der Waals surface area contributed by atoms with Crippen LogP contribution in [0.5, 0.6) is 0 Å². The number of nitrogens with zero attached hydrogens (tertiary/aromatic N) is 2. The highest BCUT2D eigenvalue weighted by Gasteiger charge is 2.03. The second-order valence-electron chi connectivity index (χ2n) is 2.58.